The van der Waals surface area contributed by atoms with Gasteiger partial charge in [-0.25, -0.2) is 0 Å². The second kappa shape index (κ2) is 5.88. The molecule has 0 N–H and O–H groups in total. The average molecular weight is 243 g/mol. The van der Waals surface area contributed by atoms with Crippen molar-refractivity contribution >= 4 is 5.69 Å². The van der Waals surface area contributed by atoms with Gasteiger partial charge in [-0.15, -0.1) is 0 Å². The summed E-state index contributed by atoms with van der Waals surface area (Å²) in [7, 11) is 0. The molecule has 0 amide bonds. The Hall–Kier alpha value is -1.53. The lowest BCUT2D eigenvalue weighted by Gasteiger charge is -2.36. The lowest BCUT2D eigenvalue weighted by atomic mass is 10.1. The van der Waals surface area contributed by atoms with Crippen molar-refractivity contribution < 1.29 is 0 Å². The van der Waals surface area contributed by atoms with Crippen LogP contribution in [0.1, 0.15) is 24.5 Å². The van der Waals surface area contributed by atoms with E-state index in [-0.39, 0.29) is 0 Å². The molecule has 1 aromatic carbocycles. The molecule has 1 aliphatic rings. The van der Waals surface area contributed by atoms with Crippen LogP contribution in [0.4, 0.5) is 5.69 Å². The molecule has 0 aromatic heterocycles. The van der Waals surface area contributed by atoms with Crippen LogP contribution in [0.5, 0.6) is 0 Å². The van der Waals surface area contributed by atoms with Gasteiger partial charge in [0.1, 0.15) is 6.07 Å². The fraction of sp³-hybridized carbons (Fsp3) is 0.533. The molecular formula is C15H21N3. The maximum absolute atomic E-state index is 9.19. The summed E-state index contributed by atoms with van der Waals surface area (Å²) in [5.41, 5.74) is 3.12. The van der Waals surface area contributed by atoms with Crippen molar-refractivity contribution in [1.82, 2.24) is 4.90 Å². The molecule has 2 rings (SSSR count). The molecule has 96 valence electrons. The number of rotatable bonds is 3. The quantitative estimate of drug-likeness (QED) is 0.816. The summed E-state index contributed by atoms with van der Waals surface area (Å²) in [6.45, 7) is 9.75. The van der Waals surface area contributed by atoms with Crippen LogP contribution < -0.4 is 4.90 Å². The van der Waals surface area contributed by atoms with Crippen molar-refractivity contribution in [2.45, 2.75) is 20.3 Å². The summed E-state index contributed by atoms with van der Waals surface area (Å²) in [6.07, 6.45) is 1.22. The minimum atomic E-state index is 0.796. The summed E-state index contributed by atoms with van der Waals surface area (Å²) in [5.74, 6) is 0. The molecule has 0 bridgehead atoms. The smallest absolute Gasteiger partial charge is 0.101 e. The molecule has 0 unspecified atom stereocenters. The largest absolute Gasteiger partial charge is 0.368 e. The van der Waals surface area contributed by atoms with Gasteiger partial charge in [0.15, 0.2) is 0 Å². The Morgan fingerprint density at radius 1 is 1.22 bits per heavy atom. The number of aryl methyl sites for hydroxylation is 1. The van der Waals surface area contributed by atoms with E-state index in [2.05, 4.69) is 35.8 Å². The van der Waals surface area contributed by atoms with Gasteiger partial charge in [0.25, 0.3) is 0 Å². The molecule has 1 saturated heterocycles. The van der Waals surface area contributed by atoms with Gasteiger partial charge >= 0.3 is 0 Å². The van der Waals surface area contributed by atoms with Crippen LogP contribution in [0, 0.1) is 18.3 Å². The molecule has 3 heteroatoms. The first-order valence-corrected chi connectivity index (χ1v) is 6.72. The Labute approximate surface area is 110 Å². The van der Waals surface area contributed by atoms with Gasteiger partial charge in [-0.2, -0.15) is 5.26 Å². The van der Waals surface area contributed by atoms with Crippen molar-refractivity contribution in [2.24, 2.45) is 0 Å². The molecule has 1 fully saturated rings. The molecule has 3 nitrogen and oxygen atoms in total. The third-order valence-corrected chi connectivity index (χ3v) is 3.53. The molecule has 0 spiro atoms. The van der Waals surface area contributed by atoms with Crippen molar-refractivity contribution in [1.29, 1.82) is 5.26 Å². The van der Waals surface area contributed by atoms with E-state index in [1.165, 1.54) is 18.5 Å². The van der Waals surface area contributed by atoms with Gasteiger partial charge in [-0.1, -0.05) is 13.0 Å². The minimum Gasteiger partial charge on any atom is -0.368 e. The molecule has 1 aromatic rings. The monoisotopic (exact) mass is 243 g/mol. The summed E-state index contributed by atoms with van der Waals surface area (Å²) in [5, 5.41) is 9.19. The number of hydrogen-bond donors (Lipinski definition) is 0. The third-order valence-electron chi connectivity index (χ3n) is 3.53. The molecule has 0 radical (unpaired) electrons. The first-order chi connectivity index (χ1) is 8.74. The van der Waals surface area contributed by atoms with Crippen molar-refractivity contribution in [3.05, 3.63) is 29.3 Å². The van der Waals surface area contributed by atoms with E-state index < -0.39 is 0 Å². The van der Waals surface area contributed by atoms with Gasteiger partial charge in [0, 0.05) is 26.2 Å². The molecule has 1 heterocycles. The summed E-state index contributed by atoms with van der Waals surface area (Å²) in [6, 6.07) is 8.38. The Kier molecular flexibility index (Phi) is 4.22. The number of benzene rings is 1. The lowest BCUT2D eigenvalue weighted by Crippen LogP contribution is -2.46. The Morgan fingerprint density at radius 2 is 1.94 bits per heavy atom. The van der Waals surface area contributed by atoms with E-state index in [1.54, 1.807) is 0 Å². The van der Waals surface area contributed by atoms with Gasteiger partial charge in [-0.3, -0.25) is 4.90 Å². The van der Waals surface area contributed by atoms with E-state index in [0.29, 0.717) is 0 Å². The highest BCUT2D eigenvalue weighted by Gasteiger charge is 2.18. The molecule has 18 heavy (non-hydrogen) atoms. The third kappa shape index (κ3) is 2.83. The Bertz CT molecular complexity index is 440. The lowest BCUT2D eigenvalue weighted by molar-refractivity contribution is 0.258. The highest BCUT2D eigenvalue weighted by Crippen LogP contribution is 2.22. The van der Waals surface area contributed by atoms with Gasteiger partial charge in [0.2, 0.25) is 0 Å². The topological polar surface area (TPSA) is 30.3 Å². The molecule has 0 aliphatic carbocycles. The number of hydrogen-bond acceptors (Lipinski definition) is 3. The van der Waals surface area contributed by atoms with Crippen LogP contribution in [0.25, 0.3) is 0 Å². The second-order valence-corrected chi connectivity index (χ2v) is 4.96. The zero-order valence-corrected chi connectivity index (χ0v) is 11.3. The van der Waals surface area contributed by atoms with Crippen LogP contribution >= 0.6 is 0 Å². The highest BCUT2D eigenvalue weighted by atomic mass is 15.3. The molecular weight excluding hydrogens is 222 g/mol. The predicted molar refractivity (Wildman–Crippen MR) is 74.8 cm³/mol. The molecule has 1 aliphatic heterocycles. The number of nitrogens with zero attached hydrogens (tertiary/aromatic N) is 3. The minimum absolute atomic E-state index is 0.796. The number of piperazine rings is 1. The maximum Gasteiger partial charge on any atom is 0.101 e. The van der Waals surface area contributed by atoms with Crippen LogP contribution in [0.2, 0.25) is 0 Å². The van der Waals surface area contributed by atoms with Gasteiger partial charge in [0.05, 0.1) is 11.3 Å². The predicted octanol–water partition coefficient (Wildman–Crippen LogP) is 2.40. The van der Waals surface area contributed by atoms with Crippen LogP contribution in [-0.4, -0.2) is 37.6 Å². The molecule has 0 saturated carbocycles. The van der Waals surface area contributed by atoms with E-state index in [4.69, 9.17) is 0 Å². The standard InChI is InChI=1S/C15H21N3/c1-3-6-17-7-9-18(10-8-17)15-11-13(2)4-5-14(15)12-16/h4-5,11H,3,6-10H2,1-2H3. The van der Waals surface area contributed by atoms with Crippen molar-refractivity contribution in [3.63, 3.8) is 0 Å². The fourth-order valence-corrected chi connectivity index (χ4v) is 2.53. The van der Waals surface area contributed by atoms with Crippen LogP contribution in [0.3, 0.4) is 0 Å². The van der Waals surface area contributed by atoms with Crippen molar-refractivity contribution in [3.8, 4) is 6.07 Å². The van der Waals surface area contributed by atoms with Gasteiger partial charge < -0.3 is 4.90 Å². The summed E-state index contributed by atoms with van der Waals surface area (Å²) in [4.78, 5) is 4.84. The second-order valence-electron chi connectivity index (χ2n) is 4.96. The zero-order chi connectivity index (χ0) is 13.0. The highest BCUT2D eigenvalue weighted by molar-refractivity contribution is 5.60. The maximum atomic E-state index is 9.19. The zero-order valence-electron chi connectivity index (χ0n) is 11.3. The summed E-state index contributed by atoms with van der Waals surface area (Å²) >= 11 is 0. The average Bonchev–Trinajstić information content (AvgIpc) is 2.40. The summed E-state index contributed by atoms with van der Waals surface area (Å²) < 4.78 is 0. The van der Waals surface area contributed by atoms with E-state index in [9.17, 15) is 5.26 Å². The van der Waals surface area contributed by atoms with Crippen LogP contribution in [-0.2, 0) is 0 Å². The van der Waals surface area contributed by atoms with E-state index in [1.807, 2.05) is 12.1 Å². The van der Waals surface area contributed by atoms with E-state index >= 15 is 0 Å². The van der Waals surface area contributed by atoms with Crippen LogP contribution in [0.15, 0.2) is 18.2 Å². The molecule has 0 atom stereocenters. The fourth-order valence-electron chi connectivity index (χ4n) is 2.53. The van der Waals surface area contributed by atoms with Crippen molar-refractivity contribution in [2.75, 3.05) is 37.6 Å². The number of nitriles is 1. The Balaban J connectivity index is 2.10. The van der Waals surface area contributed by atoms with E-state index in [0.717, 1.165) is 37.4 Å². The Morgan fingerprint density at radius 3 is 2.56 bits per heavy atom. The first kappa shape index (κ1) is 12.9. The normalized spacial score (nSPS) is 16.6. The number of anilines is 1. The van der Waals surface area contributed by atoms with Gasteiger partial charge in [-0.05, 0) is 37.6 Å². The first-order valence-electron chi connectivity index (χ1n) is 6.72. The SMILES string of the molecule is CCCN1CCN(c2cc(C)ccc2C#N)CC1.